The third-order valence-corrected chi connectivity index (χ3v) is 6.36. The molecule has 0 spiro atoms. The maximum atomic E-state index is 15.0. The first kappa shape index (κ1) is 24.7. The van der Waals surface area contributed by atoms with Crippen LogP contribution in [0.5, 0.6) is 0 Å². The zero-order valence-electron chi connectivity index (χ0n) is 19.4. The number of hydrogen-bond donors (Lipinski definition) is 2. The second kappa shape index (κ2) is 10.9. The molecule has 1 aliphatic carbocycles. The van der Waals surface area contributed by atoms with E-state index in [4.69, 9.17) is 20.9 Å². The number of carbonyl (C=O) groups excluding carboxylic acids is 2. The fourth-order valence-electron chi connectivity index (χ4n) is 4.12. The standard InChI is InChI=1S/C25H26ClFN4O4/c1-14-21(30-25(33)34-15(2)18-10-6-7-11-19(18)26)23(35-31-14)22-20(27)12-17(13-28-22)29-24(32)16-8-4-3-5-9-16/h6-7,10-13,15-16H,3-5,8-9H2,1-2H3,(H,29,32)(H,30,33)/t15-/m0/s1. The van der Waals surface area contributed by atoms with Crippen molar-refractivity contribution in [2.24, 2.45) is 5.92 Å². The van der Waals surface area contributed by atoms with Gasteiger partial charge in [0, 0.05) is 22.6 Å². The molecule has 2 amide bonds. The number of aryl methyl sites for hydroxylation is 1. The predicted octanol–water partition coefficient (Wildman–Crippen LogP) is 6.67. The summed E-state index contributed by atoms with van der Waals surface area (Å²) in [5.74, 6) is -0.999. The molecule has 2 N–H and O–H groups in total. The first-order chi connectivity index (χ1) is 16.8. The molecule has 4 rings (SSSR count). The first-order valence-electron chi connectivity index (χ1n) is 11.5. The number of hydrogen-bond acceptors (Lipinski definition) is 6. The Labute approximate surface area is 207 Å². The number of nitrogens with zero attached hydrogens (tertiary/aromatic N) is 2. The summed E-state index contributed by atoms with van der Waals surface area (Å²) in [5, 5.41) is 9.59. The summed E-state index contributed by atoms with van der Waals surface area (Å²) in [7, 11) is 0. The third kappa shape index (κ3) is 5.79. The number of pyridine rings is 1. The van der Waals surface area contributed by atoms with E-state index in [1.165, 1.54) is 12.3 Å². The van der Waals surface area contributed by atoms with Gasteiger partial charge in [0.1, 0.15) is 23.2 Å². The van der Waals surface area contributed by atoms with Crippen molar-refractivity contribution in [2.45, 2.75) is 52.1 Å². The molecule has 10 heteroatoms. The highest BCUT2D eigenvalue weighted by Gasteiger charge is 2.25. The lowest BCUT2D eigenvalue weighted by atomic mass is 9.88. The molecule has 1 saturated carbocycles. The molecule has 0 unspecified atom stereocenters. The van der Waals surface area contributed by atoms with Crippen molar-refractivity contribution < 1.29 is 23.2 Å². The molecule has 1 aromatic carbocycles. The van der Waals surface area contributed by atoms with Crippen LogP contribution in [0.3, 0.4) is 0 Å². The van der Waals surface area contributed by atoms with Gasteiger partial charge in [-0.1, -0.05) is 54.2 Å². The van der Waals surface area contributed by atoms with Crippen LogP contribution in [-0.4, -0.2) is 22.1 Å². The second-order valence-corrected chi connectivity index (χ2v) is 8.95. The number of carbonyl (C=O) groups is 2. The molecular formula is C25H26ClFN4O4. The van der Waals surface area contributed by atoms with Gasteiger partial charge < -0.3 is 14.6 Å². The largest absolute Gasteiger partial charge is 0.441 e. The van der Waals surface area contributed by atoms with E-state index in [-0.39, 0.29) is 34.7 Å². The molecule has 2 aromatic heterocycles. The van der Waals surface area contributed by atoms with E-state index in [9.17, 15) is 14.0 Å². The van der Waals surface area contributed by atoms with Crippen LogP contribution in [0, 0.1) is 18.7 Å². The number of nitrogens with one attached hydrogen (secondary N) is 2. The van der Waals surface area contributed by atoms with Crippen molar-refractivity contribution in [3.63, 3.8) is 0 Å². The van der Waals surface area contributed by atoms with Gasteiger partial charge in [-0.3, -0.25) is 10.1 Å². The zero-order valence-corrected chi connectivity index (χ0v) is 20.2. The van der Waals surface area contributed by atoms with Crippen molar-refractivity contribution in [2.75, 3.05) is 10.6 Å². The monoisotopic (exact) mass is 500 g/mol. The molecule has 184 valence electrons. The quantitative estimate of drug-likeness (QED) is 0.391. The topological polar surface area (TPSA) is 106 Å². The number of rotatable bonds is 6. The van der Waals surface area contributed by atoms with Crippen LogP contribution in [0.1, 0.15) is 56.4 Å². The number of aromatic nitrogens is 2. The molecule has 1 aliphatic rings. The van der Waals surface area contributed by atoms with Gasteiger partial charge in [-0.15, -0.1) is 0 Å². The second-order valence-electron chi connectivity index (χ2n) is 8.54. The summed E-state index contributed by atoms with van der Waals surface area (Å²) >= 11 is 6.17. The Morgan fingerprint density at radius 3 is 2.66 bits per heavy atom. The number of anilines is 2. The molecule has 8 nitrogen and oxygen atoms in total. The molecule has 1 fully saturated rings. The van der Waals surface area contributed by atoms with Crippen molar-refractivity contribution in [3.05, 3.63) is 58.6 Å². The van der Waals surface area contributed by atoms with Gasteiger partial charge in [0.25, 0.3) is 0 Å². The summed E-state index contributed by atoms with van der Waals surface area (Å²) in [6.45, 7) is 3.28. The van der Waals surface area contributed by atoms with Crippen molar-refractivity contribution in [1.29, 1.82) is 0 Å². The van der Waals surface area contributed by atoms with Gasteiger partial charge >= 0.3 is 6.09 Å². The Hall–Kier alpha value is -3.46. The average Bonchev–Trinajstić information content (AvgIpc) is 3.19. The number of amides is 2. The highest BCUT2D eigenvalue weighted by atomic mass is 35.5. The van der Waals surface area contributed by atoms with Crippen molar-refractivity contribution >= 4 is 35.0 Å². The molecule has 2 heterocycles. The Morgan fingerprint density at radius 2 is 1.94 bits per heavy atom. The van der Waals surface area contributed by atoms with Gasteiger partial charge in [0.2, 0.25) is 11.7 Å². The first-order valence-corrected chi connectivity index (χ1v) is 11.9. The molecule has 1 atom stereocenters. The van der Waals surface area contributed by atoms with E-state index in [1.807, 2.05) is 0 Å². The average molecular weight is 501 g/mol. The van der Waals surface area contributed by atoms with Gasteiger partial charge in [-0.05, 0) is 32.8 Å². The molecule has 0 saturated heterocycles. The maximum absolute atomic E-state index is 15.0. The van der Waals surface area contributed by atoms with Crippen LogP contribution in [0.25, 0.3) is 11.5 Å². The third-order valence-electron chi connectivity index (χ3n) is 6.02. The lowest BCUT2D eigenvalue weighted by molar-refractivity contribution is -0.120. The molecule has 3 aromatic rings. The van der Waals surface area contributed by atoms with Crippen molar-refractivity contribution in [3.8, 4) is 11.5 Å². The Balaban J connectivity index is 1.47. The molecule has 35 heavy (non-hydrogen) atoms. The van der Waals surface area contributed by atoms with Crippen LogP contribution in [0.4, 0.5) is 20.6 Å². The molecule has 0 aliphatic heterocycles. The minimum atomic E-state index is -0.790. The lowest BCUT2D eigenvalue weighted by Crippen LogP contribution is -2.24. The number of benzene rings is 1. The van der Waals surface area contributed by atoms with E-state index in [0.29, 0.717) is 16.3 Å². The van der Waals surface area contributed by atoms with Crippen LogP contribution < -0.4 is 10.6 Å². The number of ether oxygens (including phenoxy) is 1. The zero-order chi connectivity index (χ0) is 24.9. The summed E-state index contributed by atoms with van der Waals surface area (Å²) in [6.07, 6.45) is 4.76. The fraction of sp³-hybridized carbons (Fsp3) is 0.360. The predicted molar refractivity (Wildman–Crippen MR) is 130 cm³/mol. The molecule has 0 radical (unpaired) electrons. The smallest absolute Gasteiger partial charge is 0.412 e. The Morgan fingerprint density at radius 1 is 1.20 bits per heavy atom. The van der Waals surface area contributed by atoms with E-state index in [0.717, 1.165) is 32.1 Å². The summed E-state index contributed by atoms with van der Waals surface area (Å²) in [5.41, 5.74) is 1.19. The van der Waals surface area contributed by atoms with Gasteiger partial charge in [-0.2, -0.15) is 0 Å². The SMILES string of the molecule is Cc1noc(-c2ncc(NC(=O)C3CCCCC3)cc2F)c1NC(=O)O[C@@H](C)c1ccccc1Cl. The summed E-state index contributed by atoms with van der Waals surface area (Å²) in [4.78, 5) is 29.1. The Kier molecular flexibility index (Phi) is 7.65. The minimum Gasteiger partial charge on any atom is -0.441 e. The lowest BCUT2D eigenvalue weighted by Gasteiger charge is -2.20. The van der Waals surface area contributed by atoms with E-state index < -0.39 is 18.0 Å². The summed E-state index contributed by atoms with van der Waals surface area (Å²) in [6, 6.07) is 8.19. The summed E-state index contributed by atoms with van der Waals surface area (Å²) < 4.78 is 25.6. The van der Waals surface area contributed by atoms with Crippen LogP contribution in [-0.2, 0) is 9.53 Å². The molecule has 0 bridgehead atoms. The van der Waals surface area contributed by atoms with Crippen LogP contribution in [0.2, 0.25) is 5.02 Å². The number of halogens is 2. The van der Waals surface area contributed by atoms with Gasteiger partial charge in [0.05, 0.1) is 11.9 Å². The van der Waals surface area contributed by atoms with E-state index >= 15 is 0 Å². The van der Waals surface area contributed by atoms with Gasteiger partial charge in [0.15, 0.2) is 5.82 Å². The Bertz CT molecular complexity index is 1230. The van der Waals surface area contributed by atoms with Crippen LogP contribution >= 0.6 is 11.6 Å². The minimum absolute atomic E-state index is 0.0625. The van der Waals surface area contributed by atoms with Crippen molar-refractivity contribution in [1.82, 2.24) is 10.1 Å². The maximum Gasteiger partial charge on any atom is 0.412 e. The molecular weight excluding hydrogens is 475 g/mol. The highest BCUT2D eigenvalue weighted by molar-refractivity contribution is 6.31. The van der Waals surface area contributed by atoms with E-state index in [1.54, 1.807) is 38.1 Å². The highest BCUT2D eigenvalue weighted by Crippen LogP contribution is 2.33. The van der Waals surface area contributed by atoms with E-state index in [2.05, 4.69) is 20.8 Å². The van der Waals surface area contributed by atoms with Gasteiger partial charge in [-0.25, -0.2) is 14.2 Å². The van der Waals surface area contributed by atoms with Crippen LogP contribution in [0.15, 0.2) is 41.1 Å². The fourth-order valence-corrected chi connectivity index (χ4v) is 4.41. The normalized spacial score (nSPS) is 14.9.